The maximum absolute atomic E-state index is 13.1. The number of carbonyl (C=O) groups excluding carboxylic acids is 2. The monoisotopic (exact) mass is 345 g/mol. The van der Waals surface area contributed by atoms with Crippen molar-refractivity contribution in [2.75, 3.05) is 32.7 Å². The number of furan rings is 1. The van der Waals surface area contributed by atoms with Crippen LogP contribution in [0.15, 0.2) is 47.1 Å². The van der Waals surface area contributed by atoms with Crippen LogP contribution in [0.3, 0.4) is 0 Å². The topological polar surface area (TPSA) is 65.8 Å². The van der Waals surface area contributed by atoms with Gasteiger partial charge in [-0.15, -0.1) is 0 Å². The molecule has 0 saturated carbocycles. The number of benzene rings is 1. The molecule has 1 fully saturated rings. The van der Waals surface area contributed by atoms with Gasteiger partial charge in [0.2, 0.25) is 0 Å². The van der Waals surface area contributed by atoms with Gasteiger partial charge in [0.1, 0.15) is 5.82 Å². The van der Waals surface area contributed by atoms with Crippen molar-refractivity contribution in [2.24, 2.45) is 0 Å². The number of hydrogen-bond donors (Lipinski definition) is 1. The summed E-state index contributed by atoms with van der Waals surface area (Å²) in [5, 5.41) is 2.83. The highest BCUT2D eigenvalue weighted by Crippen LogP contribution is 2.09. The normalized spacial score (nSPS) is 14.4. The third kappa shape index (κ3) is 4.37. The molecule has 2 heterocycles. The second-order valence-electron chi connectivity index (χ2n) is 5.87. The molecule has 132 valence electrons. The van der Waals surface area contributed by atoms with E-state index >= 15 is 0 Å². The van der Waals surface area contributed by atoms with E-state index < -0.39 is 0 Å². The Balaban J connectivity index is 1.41. The lowest BCUT2D eigenvalue weighted by molar-refractivity contribution is 0.0634. The van der Waals surface area contributed by atoms with Gasteiger partial charge in [-0.1, -0.05) is 12.1 Å². The van der Waals surface area contributed by atoms with Crippen LogP contribution >= 0.6 is 0 Å². The number of amides is 3. The van der Waals surface area contributed by atoms with Crippen molar-refractivity contribution in [3.63, 3.8) is 0 Å². The Morgan fingerprint density at radius 3 is 2.52 bits per heavy atom. The van der Waals surface area contributed by atoms with Crippen LogP contribution < -0.4 is 5.32 Å². The van der Waals surface area contributed by atoms with Crippen LogP contribution in [0, 0.1) is 5.82 Å². The number of hydrogen-bond acceptors (Lipinski definition) is 3. The molecular weight excluding hydrogens is 325 g/mol. The smallest absolute Gasteiger partial charge is 0.317 e. The van der Waals surface area contributed by atoms with Crippen LogP contribution in [0.25, 0.3) is 0 Å². The molecule has 0 atom stereocenters. The van der Waals surface area contributed by atoms with Gasteiger partial charge >= 0.3 is 6.03 Å². The molecule has 1 aromatic carbocycles. The SMILES string of the molecule is O=C(NCCc1cccc(F)c1)N1CCN(C(=O)c2ccco2)CC1. The van der Waals surface area contributed by atoms with E-state index in [0.29, 0.717) is 44.9 Å². The van der Waals surface area contributed by atoms with Crippen molar-refractivity contribution in [3.8, 4) is 0 Å². The zero-order valence-electron chi connectivity index (χ0n) is 13.8. The standard InChI is InChI=1S/C18H20FN3O3/c19-15-4-1-3-14(13-15)6-7-20-18(24)22-10-8-21(9-11-22)17(23)16-5-2-12-25-16/h1-5,12-13H,6-11H2,(H,20,24). The average molecular weight is 345 g/mol. The molecule has 25 heavy (non-hydrogen) atoms. The van der Waals surface area contributed by atoms with E-state index in [2.05, 4.69) is 5.32 Å². The van der Waals surface area contributed by atoms with Crippen LogP contribution in [0.1, 0.15) is 16.1 Å². The largest absolute Gasteiger partial charge is 0.459 e. The molecule has 6 nitrogen and oxygen atoms in total. The summed E-state index contributed by atoms with van der Waals surface area (Å²) in [6, 6.07) is 9.48. The van der Waals surface area contributed by atoms with E-state index in [1.54, 1.807) is 28.0 Å². The van der Waals surface area contributed by atoms with E-state index in [0.717, 1.165) is 5.56 Å². The van der Waals surface area contributed by atoms with E-state index in [-0.39, 0.29) is 17.8 Å². The first-order chi connectivity index (χ1) is 12.1. The highest BCUT2D eigenvalue weighted by atomic mass is 19.1. The zero-order chi connectivity index (χ0) is 17.6. The number of halogens is 1. The second-order valence-corrected chi connectivity index (χ2v) is 5.87. The Hall–Kier alpha value is -2.83. The number of rotatable bonds is 4. The molecule has 0 radical (unpaired) electrons. The summed E-state index contributed by atoms with van der Waals surface area (Å²) in [6.45, 7) is 2.32. The van der Waals surface area contributed by atoms with Gasteiger partial charge in [-0.3, -0.25) is 4.79 Å². The third-order valence-electron chi connectivity index (χ3n) is 4.16. The van der Waals surface area contributed by atoms with Crippen LogP contribution in [0.4, 0.5) is 9.18 Å². The molecular formula is C18H20FN3O3. The van der Waals surface area contributed by atoms with Gasteiger partial charge in [-0.2, -0.15) is 0 Å². The summed E-state index contributed by atoms with van der Waals surface area (Å²) in [5.74, 6) is -0.120. The van der Waals surface area contributed by atoms with Gasteiger partial charge in [0.05, 0.1) is 6.26 Å². The van der Waals surface area contributed by atoms with Crippen LogP contribution in [0.2, 0.25) is 0 Å². The maximum Gasteiger partial charge on any atom is 0.317 e. The first kappa shape index (κ1) is 17.0. The average Bonchev–Trinajstić information content (AvgIpc) is 3.16. The molecule has 0 bridgehead atoms. The maximum atomic E-state index is 13.1. The first-order valence-corrected chi connectivity index (χ1v) is 8.23. The predicted molar refractivity (Wildman–Crippen MR) is 89.7 cm³/mol. The molecule has 1 N–H and O–H groups in total. The van der Waals surface area contributed by atoms with Gasteiger partial charge in [-0.25, -0.2) is 9.18 Å². The lowest BCUT2D eigenvalue weighted by atomic mass is 10.1. The van der Waals surface area contributed by atoms with E-state index in [1.165, 1.54) is 18.4 Å². The molecule has 1 aliphatic rings. The van der Waals surface area contributed by atoms with Crippen molar-refractivity contribution in [3.05, 3.63) is 59.8 Å². The second kappa shape index (κ2) is 7.83. The Kier molecular flexibility index (Phi) is 5.33. The fourth-order valence-electron chi connectivity index (χ4n) is 2.79. The zero-order valence-corrected chi connectivity index (χ0v) is 13.8. The summed E-state index contributed by atoms with van der Waals surface area (Å²) in [4.78, 5) is 27.7. The Morgan fingerprint density at radius 1 is 1.08 bits per heavy atom. The molecule has 1 saturated heterocycles. The van der Waals surface area contributed by atoms with Crippen molar-refractivity contribution in [1.82, 2.24) is 15.1 Å². The molecule has 2 aromatic rings. The number of carbonyl (C=O) groups is 2. The number of nitrogens with one attached hydrogen (secondary N) is 1. The number of piperazine rings is 1. The molecule has 1 aliphatic heterocycles. The van der Waals surface area contributed by atoms with Crippen LogP contribution in [-0.4, -0.2) is 54.5 Å². The van der Waals surface area contributed by atoms with Crippen molar-refractivity contribution in [2.45, 2.75) is 6.42 Å². The van der Waals surface area contributed by atoms with Crippen LogP contribution in [-0.2, 0) is 6.42 Å². The minimum absolute atomic E-state index is 0.156. The summed E-state index contributed by atoms with van der Waals surface area (Å²) < 4.78 is 18.2. The van der Waals surface area contributed by atoms with Crippen molar-refractivity contribution < 1.29 is 18.4 Å². The minimum atomic E-state index is -0.277. The van der Waals surface area contributed by atoms with Gasteiger partial charge < -0.3 is 19.5 Å². The van der Waals surface area contributed by atoms with Gasteiger partial charge in [0, 0.05) is 32.7 Å². The summed E-state index contributed by atoms with van der Waals surface area (Å²) in [5.41, 5.74) is 0.842. The van der Waals surface area contributed by atoms with E-state index in [9.17, 15) is 14.0 Å². The molecule has 7 heteroatoms. The first-order valence-electron chi connectivity index (χ1n) is 8.23. The Labute approximate surface area is 145 Å². The number of urea groups is 1. The Morgan fingerprint density at radius 2 is 1.84 bits per heavy atom. The summed E-state index contributed by atoms with van der Waals surface area (Å²) in [6.07, 6.45) is 2.04. The van der Waals surface area contributed by atoms with Crippen molar-refractivity contribution >= 4 is 11.9 Å². The third-order valence-corrected chi connectivity index (χ3v) is 4.16. The predicted octanol–water partition coefficient (Wildman–Crippen LogP) is 2.13. The van der Waals surface area contributed by atoms with E-state index in [1.807, 2.05) is 6.07 Å². The van der Waals surface area contributed by atoms with Crippen LogP contribution in [0.5, 0.6) is 0 Å². The minimum Gasteiger partial charge on any atom is -0.459 e. The quantitative estimate of drug-likeness (QED) is 0.923. The molecule has 3 rings (SSSR count). The Bertz CT molecular complexity index is 725. The van der Waals surface area contributed by atoms with Gasteiger partial charge in [0.25, 0.3) is 5.91 Å². The lowest BCUT2D eigenvalue weighted by Crippen LogP contribution is -2.53. The fraction of sp³-hybridized carbons (Fsp3) is 0.333. The molecule has 0 spiro atoms. The highest BCUT2D eigenvalue weighted by molar-refractivity contribution is 5.91. The fourth-order valence-corrected chi connectivity index (χ4v) is 2.79. The molecule has 1 aromatic heterocycles. The lowest BCUT2D eigenvalue weighted by Gasteiger charge is -2.34. The number of nitrogens with zero attached hydrogens (tertiary/aromatic N) is 2. The molecule has 3 amide bonds. The van der Waals surface area contributed by atoms with Gasteiger partial charge in [-0.05, 0) is 36.2 Å². The summed E-state index contributed by atoms with van der Waals surface area (Å²) >= 11 is 0. The van der Waals surface area contributed by atoms with Gasteiger partial charge in [0.15, 0.2) is 5.76 Å². The molecule has 0 unspecified atom stereocenters. The van der Waals surface area contributed by atoms with E-state index in [4.69, 9.17) is 4.42 Å². The van der Waals surface area contributed by atoms with Crippen molar-refractivity contribution in [1.29, 1.82) is 0 Å². The highest BCUT2D eigenvalue weighted by Gasteiger charge is 2.25. The molecule has 0 aliphatic carbocycles. The summed E-state index contributed by atoms with van der Waals surface area (Å²) in [7, 11) is 0.